The zero-order valence-electron chi connectivity index (χ0n) is 17.1. The van der Waals surface area contributed by atoms with Crippen molar-refractivity contribution in [3.8, 4) is 11.1 Å². The van der Waals surface area contributed by atoms with Crippen LogP contribution in [0, 0.1) is 0 Å². The van der Waals surface area contributed by atoms with Crippen LogP contribution in [0.2, 0.25) is 0 Å². The summed E-state index contributed by atoms with van der Waals surface area (Å²) in [5, 5.41) is 0. The molecule has 0 aliphatic rings. The fourth-order valence-electron chi connectivity index (χ4n) is 3.14. The van der Waals surface area contributed by atoms with E-state index in [0.29, 0.717) is 0 Å². The van der Waals surface area contributed by atoms with Crippen molar-refractivity contribution in [2.75, 3.05) is 0 Å². The van der Waals surface area contributed by atoms with Gasteiger partial charge in [0, 0.05) is 5.56 Å². The molecule has 0 aliphatic heterocycles. The van der Waals surface area contributed by atoms with Crippen molar-refractivity contribution in [2.45, 2.75) is 0 Å². The Morgan fingerprint density at radius 2 is 1.23 bits per heavy atom. The fourth-order valence-corrected chi connectivity index (χ4v) is 3.14. The highest BCUT2D eigenvalue weighted by molar-refractivity contribution is 5.79. The van der Waals surface area contributed by atoms with E-state index >= 15 is 0 Å². The molecule has 1 heteroatoms. The van der Waals surface area contributed by atoms with Crippen LogP contribution in [0.1, 0.15) is 11.1 Å². The van der Waals surface area contributed by atoms with Gasteiger partial charge >= 0.3 is 0 Å². The van der Waals surface area contributed by atoms with Gasteiger partial charge < -0.3 is 0 Å². The zero-order valence-corrected chi connectivity index (χ0v) is 17.1. The first-order valence-corrected chi connectivity index (χ1v) is 9.74. The van der Waals surface area contributed by atoms with Crippen LogP contribution in [0.25, 0.3) is 22.4 Å². The lowest BCUT2D eigenvalue weighted by Crippen LogP contribution is -1.88. The molecule has 1 nitrogen and oxygen atoms in total. The first-order valence-electron chi connectivity index (χ1n) is 9.74. The van der Waals surface area contributed by atoms with Crippen molar-refractivity contribution < 1.29 is 0 Å². The minimum absolute atomic E-state index is 0.757. The number of rotatable bonds is 8. The highest BCUT2D eigenvalue weighted by Crippen LogP contribution is 2.27. The van der Waals surface area contributed by atoms with E-state index in [2.05, 4.69) is 55.7 Å². The van der Waals surface area contributed by atoms with E-state index in [-0.39, 0.29) is 0 Å². The first kappa shape index (κ1) is 20.8. The molecule has 0 saturated heterocycles. The molecule has 146 valence electrons. The van der Waals surface area contributed by atoms with Crippen molar-refractivity contribution in [2.24, 2.45) is 4.99 Å². The maximum absolute atomic E-state index is 4.24. The van der Waals surface area contributed by atoms with Crippen LogP contribution in [0.3, 0.4) is 0 Å². The lowest BCUT2D eigenvalue weighted by molar-refractivity contribution is 1.48. The van der Waals surface area contributed by atoms with Crippen LogP contribution >= 0.6 is 0 Å². The SMILES string of the molecule is C=CC(=CC(=C)C(=C)C=C(N=C)c1cccc(-c2ccccc2)c1)c1ccccc1. The van der Waals surface area contributed by atoms with Crippen LogP contribution in [0.4, 0.5) is 0 Å². The number of aliphatic imine (C=N–C) groups is 1. The summed E-state index contributed by atoms with van der Waals surface area (Å²) in [6.07, 6.45) is 5.73. The third-order valence-electron chi connectivity index (χ3n) is 4.82. The van der Waals surface area contributed by atoms with Gasteiger partial charge in [-0.05, 0) is 58.3 Å². The molecule has 0 radical (unpaired) electrons. The molecule has 0 atom stereocenters. The second-order valence-electron chi connectivity index (χ2n) is 6.85. The molecule has 0 aliphatic carbocycles. The molecule has 3 aromatic rings. The molecule has 0 unspecified atom stereocenters. The molecule has 0 spiro atoms. The van der Waals surface area contributed by atoms with Gasteiger partial charge in [0.15, 0.2) is 0 Å². The Hall–Kier alpha value is -3.97. The Balaban J connectivity index is 1.88. The van der Waals surface area contributed by atoms with E-state index in [1.54, 1.807) is 0 Å². The third-order valence-corrected chi connectivity index (χ3v) is 4.82. The van der Waals surface area contributed by atoms with Crippen molar-refractivity contribution in [3.63, 3.8) is 0 Å². The second-order valence-corrected chi connectivity index (χ2v) is 6.85. The smallest absolute Gasteiger partial charge is 0.0700 e. The topological polar surface area (TPSA) is 12.4 Å². The molecular weight excluding hydrogens is 362 g/mol. The molecule has 0 aromatic heterocycles. The van der Waals surface area contributed by atoms with Gasteiger partial charge in [0.2, 0.25) is 0 Å². The largest absolute Gasteiger partial charge is 0.264 e. The van der Waals surface area contributed by atoms with Gasteiger partial charge in [-0.25, -0.2) is 0 Å². The predicted molar refractivity (Wildman–Crippen MR) is 132 cm³/mol. The summed E-state index contributed by atoms with van der Waals surface area (Å²) in [6.45, 7) is 16.1. The number of allylic oxidation sites excluding steroid dienone is 6. The van der Waals surface area contributed by atoms with Crippen molar-refractivity contribution >= 4 is 18.0 Å². The van der Waals surface area contributed by atoms with E-state index < -0.39 is 0 Å². The standard InChI is InChI=1S/C29H25N/c1-5-24(25-13-8-6-9-14-25)19-22(2)23(3)20-29(30-4)28-18-12-17-27(21-28)26-15-10-7-11-16-26/h5-21H,1-4H2. The van der Waals surface area contributed by atoms with Gasteiger partial charge in [-0.3, -0.25) is 4.99 Å². The highest BCUT2D eigenvalue weighted by Gasteiger charge is 2.05. The molecular formula is C29H25N. The molecule has 0 heterocycles. The second kappa shape index (κ2) is 9.99. The van der Waals surface area contributed by atoms with Crippen molar-refractivity contribution in [3.05, 3.63) is 145 Å². The summed E-state index contributed by atoms with van der Waals surface area (Å²) < 4.78 is 0. The average molecular weight is 388 g/mol. The number of nitrogens with zero attached hydrogens (tertiary/aromatic N) is 1. The minimum Gasteiger partial charge on any atom is -0.264 e. The van der Waals surface area contributed by atoms with Crippen LogP contribution in [-0.2, 0) is 0 Å². The Morgan fingerprint density at radius 3 is 1.87 bits per heavy atom. The lowest BCUT2D eigenvalue weighted by atomic mass is 9.98. The molecule has 30 heavy (non-hydrogen) atoms. The Kier molecular flexibility index (Phi) is 6.91. The van der Waals surface area contributed by atoms with Crippen LogP contribution < -0.4 is 0 Å². The average Bonchev–Trinajstić information content (AvgIpc) is 2.81. The highest BCUT2D eigenvalue weighted by atomic mass is 14.7. The molecule has 3 aromatic carbocycles. The summed E-state index contributed by atoms with van der Waals surface area (Å²) in [7, 11) is 0. The maximum atomic E-state index is 4.24. The Morgan fingerprint density at radius 1 is 0.667 bits per heavy atom. The monoisotopic (exact) mass is 387 g/mol. The van der Waals surface area contributed by atoms with E-state index in [4.69, 9.17) is 0 Å². The Labute approximate surface area is 179 Å². The van der Waals surface area contributed by atoms with Gasteiger partial charge in [-0.1, -0.05) is 105 Å². The fraction of sp³-hybridized carbons (Fsp3) is 0. The lowest BCUT2D eigenvalue weighted by Gasteiger charge is -2.09. The van der Waals surface area contributed by atoms with E-state index in [0.717, 1.165) is 44.7 Å². The predicted octanol–water partition coefficient (Wildman–Crippen LogP) is 7.78. The first-order chi connectivity index (χ1) is 14.6. The van der Waals surface area contributed by atoms with Gasteiger partial charge in [0.05, 0.1) is 5.70 Å². The molecule has 3 rings (SSSR count). The van der Waals surface area contributed by atoms with Crippen molar-refractivity contribution in [1.29, 1.82) is 0 Å². The van der Waals surface area contributed by atoms with E-state index in [1.165, 1.54) is 0 Å². The number of benzene rings is 3. The van der Waals surface area contributed by atoms with E-state index in [9.17, 15) is 0 Å². The van der Waals surface area contributed by atoms with Crippen LogP contribution in [0.5, 0.6) is 0 Å². The van der Waals surface area contributed by atoms with E-state index in [1.807, 2.05) is 78.9 Å². The summed E-state index contributed by atoms with van der Waals surface area (Å²) >= 11 is 0. The third kappa shape index (κ3) is 5.09. The van der Waals surface area contributed by atoms with Gasteiger partial charge in [-0.15, -0.1) is 0 Å². The minimum atomic E-state index is 0.757. The molecule has 0 fully saturated rings. The molecule has 0 saturated carbocycles. The summed E-state index contributed by atoms with van der Waals surface area (Å²) in [6, 6.07) is 28.6. The zero-order chi connectivity index (χ0) is 21.3. The number of hydrogen-bond donors (Lipinski definition) is 0. The normalized spacial score (nSPS) is 11.6. The number of hydrogen-bond acceptors (Lipinski definition) is 1. The molecule has 0 N–H and O–H groups in total. The summed E-state index contributed by atoms with van der Waals surface area (Å²) in [5.41, 5.74) is 7.69. The van der Waals surface area contributed by atoms with Crippen LogP contribution in [0.15, 0.2) is 139 Å². The van der Waals surface area contributed by atoms with Gasteiger partial charge in [-0.2, -0.15) is 0 Å². The molecule has 0 amide bonds. The van der Waals surface area contributed by atoms with Crippen molar-refractivity contribution in [1.82, 2.24) is 0 Å². The van der Waals surface area contributed by atoms with Gasteiger partial charge in [0.25, 0.3) is 0 Å². The summed E-state index contributed by atoms with van der Waals surface area (Å²) in [4.78, 5) is 4.24. The van der Waals surface area contributed by atoms with Crippen LogP contribution in [-0.4, -0.2) is 6.72 Å². The maximum Gasteiger partial charge on any atom is 0.0700 e. The quantitative estimate of drug-likeness (QED) is 0.276. The molecule has 0 bridgehead atoms. The summed E-state index contributed by atoms with van der Waals surface area (Å²) in [5.74, 6) is 0. The van der Waals surface area contributed by atoms with Gasteiger partial charge in [0.1, 0.15) is 0 Å². The Bertz CT molecular complexity index is 1130.